The summed E-state index contributed by atoms with van der Waals surface area (Å²) in [5, 5.41) is 0. The molecule has 81 heavy (non-hydrogen) atoms. The molecular formula is C75H144O6. The second-order valence-electron chi connectivity index (χ2n) is 25.6. The van der Waals surface area contributed by atoms with Crippen molar-refractivity contribution in [1.82, 2.24) is 0 Å². The molecule has 6 nitrogen and oxygen atoms in total. The van der Waals surface area contributed by atoms with Gasteiger partial charge in [-0.2, -0.15) is 0 Å². The maximum Gasteiger partial charge on any atom is 0.306 e. The lowest BCUT2D eigenvalue weighted by Crippen LogP contribution is -2.30. The Balaban J connectivity index is 4.02. The standard InChI is InChI=1S/C75H144O6/c1-4-7-10-13-16-19-22-25-27-28-29-30-31-32-33-34-35-36-37-38-39-40-41-42-43-44-45-46-48-50-53-56-59-62-65-68-74(77)80-71-72(70-79-73(76)67-64-61-58-55-52-49-24-21-18-15-12-9-6-3)81-75(78)69-66-63-60-57-54-51-47-26-23-20-17-14-11-8-5-2/h28-29,72H,4-27,30-71H2,1-3H3/b29-28-. The lowest BCUT2D eigenvalue weighted by atomic mass is 10.0. The minimum atomic E-state index is -0.764. The molecular weight excluding hydrogens is 997 g/mol. The molecule has 0 heterocycles. The Morgan fingerprint density at radius 3 is 0.617 bits per heavy atom. The summed E-state index contributed by atoms with van der Waals surface area (Å²) in [5.74, 6) is -0.825. The van der Waals surface area contributed by atoms with E-state index in [2.05, 4.69) is 32.9 Å². The van der Waals surface area contributed by atoms with Crippen molar-refractivity contribution < 1.29 is 28.6 Å². The molecule has 0 aliphatic heterocycles. The third-order valence-electron chi connectivity index (χ3n) is 17.3. The van der Waals surface area contributed by atoms with Crippen LogP contribution in [0.3, 0.4) is 0 Å². The molecule has 0 fully saturated rings. The largest absolute Gasteiger partial charge is 0.462 e. The van der Waals surface area contributed by atoms with Crippen LogP contribution in [0.2, 0.25) is 0 Å². The Kier molecular flexibility index (Phi) is 69.0. The number of carbonyl (C=O) groups excluding carboxylic acids is 3. The monoisotopic (exact) mass is 1140 g/mol. The van der Waals surface area contributed by atoms with E-state index in [0.717, 1.165) is 57.8 Å². The van der Waals surface area contributed by atoms with E-state index in [1.54, 1.807) is 0 Å². The molecule has 1 unspecified atom stereocenters. The Morgan fingerprint density at radius 1 is 0.235 bits per heavy atom. The normalized spacial score (nSPS) is 12.0. The number of hydrogen-bond acceptors (Lipinski definition) is 6. The molecule has 0 saturated heterocycles. The second-order valence-corrected chi connectivity index (χ2v) is 25.6. The SMILES string of the molecule is CCCCCCCCCC/C=C\CCCCCCCCCCCCCCCCCCCCCCCCCC(=O)OCC(COC(=O)CCCCCCCCCCCCCCC)OC(=O)CCCCCCCCCCCCCCCCC. The molecule has 0 aromatic rings. The summed E-state index contributed by atoms with van der Waals surface area (Å²) in [5.41, 5.74) is 0. The summed E-state index contributed by atoms with van der Waals surface area (Å²) in [6.07, 6.45) is 85.6. The molecule has 0 aromatic heterocycles. The highest BCUT2D eigenvalue weighted by Gasteiger charge is 2.20. The zero-order valence-electron chi connectivity index (χ0n) is 55.4. The van der Waals surface area contributed by atoms with Crippen molar-refractivity contribution in [1.29, 1.82) is 0 Å². The topological polar surface area (TPSA) is 78.9 Å². The third kappa shape index (κ3) is 68.8. The second kappa shape index (κ2) is 70.6. The van der Waals surface area contributed by atoms with Gasteiger partial charge in [-0.25, -0.2) is 0 Å². The highest BCUT2D eigenvalue weighted by atomic mass is 16.6. The molecule has 0 spiro atoms. The fourth-order valence-electron chi connectivity index (χ4n) is 11.7. The molecule has 0 bridgehead atoms. The third-order valence-corrected chi connectivity index (χ3v) is 17.3. The zero-order valence-corrected chi connectivity index (χ0v) is 55.4. The van der Waals surface area contributed by atoms with Gasteiger partial charge >= 0.3 is 17.9 Å². The molecule has 0 aliphatic carbocycles. The van der Waals surface area contributed by atoms with Gasteiger partial charge in [0, 0.05) is 19.3 Å². The van der Waals surface area contributed by atoms with E-state index in [1.807, 2.05) is 0 Å². The van der Waals surface area contributed by atoms with E-state index >= 15 is 0 Å². The minimum absolute atomic E-state index is 0.0615. The smallest absolute Gasteiger partial charge is 0.306 e. The fraction of sp³-hybridized carbons (Fsp3) is 0.933. The summed E-state index contributed by atoms with van der Waals surface area (Å²) < 4.78 is 17.0. The van der Waals surface area contributed by atoms with Gasteiger partial charge in [-0.1, -0.05) is 380 Å². The van der Waals surface area contributed by atoms with Crippen LogP contribution in [-0.4, -0.2) is 37.2 Å². The van der Waals surface area contributed by atoms with E-state index in [0.29, 0.717) is 19.3 Å². The predicted octanol–water partition coefficient (Wildman–Crippen LogP) is 25.6. The Morgan fingerprint density at radius 2 is 0.407 bits per heavy atom. The van der Waals surface area contributed by atoms with Crippen LogP contribution in [0, 0.1) is 0 Å². The van der Waals surface area contributed by atoms with Crippen molar-refractivity contribution in [3.63, 3.8) is 0 Å². The molecule has 0 N–H and O–H groups in total. The quantitative estimate of drug-likeness (QED) is 0.0261. The molecule has 480 valence electrons. The molecule has 0 aliphatic rings. The highest BCUT2D eigenvalue weighted by molar-refractivity contribution is 5.71. The maximum atomic E-state index is 12.9. The van der Waals surface area contributed by atoms with E-state index in [4.69, 9.17) is 14.2 Å². The van der Waals surface area contributed by atoms with Gasteiger partial charge in [0.2, 0.25) is 0 Å². The van der Waals surface area contributed by atoms with Crippen molar-refractivity contribution in [3.8, 4) is 0 Å². The van der Waals surface area contributed by atoms with Crippen LogP contribution in [0.1, 0.15) is 432 Å². The first-order chi connectivity index (χ1) is 40.0. The van der Waals surface area contributed by atoms with Gasteiger partial charge in [0.25, 0.3) is 0 Å². The van der Waals surface area contributed by atoms with Gasteiger partial charge in [-0.15, -0.1) is 0 Å². The molecule has 0 radical (unpaired) electrons. The molecule has 0 rings (SSSR count). The van der Waals surface area contributed by atoms with Crippen LogP contribution in [0.5, 0.6) is 0 Å². The average Bonchev–Trinajstić information content (AvgIpc) is 3.46. The lowest BCUT2D eigenvalue weighted by molar-refractivity contribution is -0.167. The van der Waals surface area contributed by atoms with Crippen molar-refractivity contribution in [2.75, 3.05) is 13.2 Å². The van der Waals surface area contributed by atoms with Crippen molar-refractivity contribution >= 4 is 17.9 Å². The summed E-state index contributed by atoms with van der Waals surface area (Å²) in [7, 11) is 0. The Bertz CT molecular complexity index is 1260. The zero-order chi connectivity index (χ0) is 58.5. The molecule has 0 amide bonds. The average molecular weight is 1140 g/mol. The number of ether oxygens (including phenoxy) is 3. The van der Waals surface area contributed by atoms with Crippen molar-refractivity contribution in [2.24, 2.45) is 0 Å². The van der Waals surface area contributed by atoms with Crippen molar-refractivity contribution in [2.45, 2.75) is 438 Å². The number of rotatable bonds is 70. The number of carbonyl (C=O) groups is 3. The van der Waals surface area contributed by atoms with Gasteiger partial charge in [0.05, 0.1) is 0 Å². The van der Waals surface area contributed by atoms with Gasteiger partial charge in [-0.05, 0) is 44.9 Å². The predicted molar refractivity (Wildman–Crippen MR) is 353 cm³/mol. The maximum absolute atomic E-state index is 12.9. The molecule has 1 atom stereocenters. The molecule has 6 heteroatoms. The fourth-order valence-corrected chi connectivity index (χ4v) is 11.7. The first kappa shape index (κ1) is 79.2. The van der Waals surface area contributed by atoms with Gasteiger partial charge in [0.1, 0.15) is 13.2 Å². The number of esters is 3. The molecule has 0 saturated carbocycles. The van der Waals surface area contributed by atoms with Gasteiger partial charge in [-0.3, -0.25) is 14.4 Å². The first-order valence-corrected chi connectivity index (χ1v) is 37.2. The van der Waals surface area contributed by atoms with Gasteiger partial charge in [0.15, 0.2) is 6.10 Å². The van der Waals surface area contributed by atoms with E-state index < -0.39 is 6.10 Å². The van der Waals surface area contributed by atoms with Crippen LogP contribution < -0.4 is 0 Å². The van der Waals surface area contributed by atoms with Crippen LogP contribution in [0.25, 0.3) is 0 Å². The Hall–Kier alpha value is -1.85. The van der Waals surface area contributed by atoms with E-state index in [-0.39, 0.29) is 31.1 Å². The summed E-state index contributed by atoms with van der Waals surface area (Å²) in [4.78, 5) is 38.4. The van der Waals surface area contributed by atoms with E-state index in [1.165, 1.54) is 334 Å². The van der Waals surface area contributed by atoms with Gasteiger partial charge < -0.3 is 14.2 Å². The van der Waals surface area contributed by atoms with Crippen LogP contribution in [0.4, 0.5) is 0 Å². The summed E-state index contributed by atoms with van der Waals surface area (Å²) in [6.45, 7) is 6.73. The van der Waals surface area contributed by atoms with Crippen LogP contribution in [-0.2, 0) is 28.6 Å². The Labute approximate surface area is 507 Å². The van der Waals surface area contributed by atoms with Crippen molar-refractivity contribution in [3.05, 3.63) is 12.2 Å². The number of hydrogen-bond donors (Lipinski definition) is 0. The number of unbranched alkanes of at least 4 members (excludes halogenated alkanes) is 57. The first-order valence-electron chi connectivity index (χ1n) is 37.2. The van der Waals surface area contributed by atoms with Crippen LogP contribution >= 0.6 is 0 Å². The van der Waals surface area contributed by atoms with E-state index in [9.17, 15) is 14.4 Å². The highest BCUT2D eigenvalue weighted by Crippen LogP contribution is 2.19. The number of allylic oxidation sites excluding steroid dienone is 2. The summed E-state index contributed by atoms with van der Waals surface area (Å²) in [6, 6.07) is 0. The lowest BCUT2D eigenvalue weighted by Gasteiger charge is -2.18. The van der Waals surface area contributed by atoms with Crippen LogP contribution in [0.15, 0.2) is 12.2 Å². The molecule has 0 aromatic carbocycles. The minimum Gasteiger partial charge on any atom is -0.462 e. The summed E-state index contributed by atoms with van der Waals surface area (Å²) >= 11 is 0.